The van der Waals surface area contributed by atoms with Crippen LogP contribution in [0.15, 0.2) is 12.2 Å². The molecule has 0 amide bonds. The number of nitrogens with zero attached hydrogens (tertiary/aromatic N) is 1. The second kappa shape index (κ2) is 7.82. The minimum atomic E-state index is 0.475. The lowest BCUT2D eigenvalue weighted by Crippen LogP contribution is -2.38. The van der Waals surface area contributed by atoms with Crippen LogP contribution in [0.1, 0.15) is 26.2 Å². The Bertz CT molecular complexity index is 198. The van der Waals surface area contributed by atoms with Crippen molar-refractivity contribution >= 4 is 0 Å². The monoisotopic (exact) mass is 226 g/mol. The summed E-state index contributed by atoms with van der Waals surface area (Å²) in [4.78, 5) is 2.48. The first kappa shape index (κ1) is 13.7. The maximum absolute atomic E-state index is 5.36. The van der Waals surface area contributed by atoms with Gasteiger partial charge in [-0.15, -0.1) is 0 Å². The number of likely N-dealkylation sites (tertiary alicyclic amines) is 1. The smallest absolute Gasteiger partial charge is 0.0595 e. The van der Waals surface area contributed by atoms with Gasteiger partial charge >= 0.3 is 0 Å². The quantitative estimate of drug-likeness (QED) is 0.528. The molecule has 94 valence electrons. The molecule has 1 heterocycles. The Morgan fingerprint density at radius 2 is 2.12 bits per heavy atom. The van der Waals surface area contributed by atoms with Gasteiger partial charge in [0.05, 0.1) is 6.10 Å². The highest BCUT2D eigenvalue weighted by Gasteiger charge is 2.18. The van der Waals surface area contributed by atoms with Crippen molar-refractivity contribution in [3.05, 3.63) is 12.2 Å². The summed E-state index contributed by atoms with van der Waals surface area (Å²) in [7, 11) is 1.81. The van der Waals surface area contributed by atoms with Gasteiger partial charge in [0.1, 0.15) is 0 Å². The van der Waals surface area contributed by atoms with Crippen LogP contribution in [-0.4, -0.2) is 50.8 Å². The van der Waals surface area contributed by atoms with Gasteiger partial charge in [0.15, 0.2) is 0 Å². The van der Waals surface area contributed by atoms with E-state index in [2.05, 4.69) is 23.7 Å². The first-order chi connectivity index (χ1) is 7.76. The van der Waals surface area contributed by atoms with E-state index >= 15 is 0 Å². The Morgan fingerprint density at radius 1 is 1.44 bits per heavy atom. The zero-order valence-corrected chi connectivity index (χ0v) is 10.8. The van der Waals surface area contributed by atoms with Crippen LogP contribution in [0, 0.1) is 0 Å². The molecule has 1 fully saturated rings. The summed E-state index contributed by atoms with van der Waals surface area (Å²) in [5.74, 6) is 0. The topological polar surface area (TPSA) is 24.5 Å². The average Bonchev–Trinajstić information content (AvgIpc) is 2.30. The molecule has 0 aromatic rings. The van der Waals surface area contributed by atoms with E-state index in [0.717, 1.165) is 45.6 Å². The van der Waals surface area contributed by atoms with E-state index in [0.29, 0.717) is 6.10 Å². The fraction of sp³-hybridized carbons (Fsp3) is 0.846. The summed E-state index contributed by atoms with van der Waals surface area (Å²) in [6, 6.07) is 0. The first-order valence-corrected chi connectivity index (χ1v) is 6.38. The van der Waals surface area contributed by atoms with Crippen molar-refractivity contribution in [2.75, 3.05) is 39.8 Å². The van der Waals surface area contributed by atoms with Crippen molar-refractivity contribution in [2.45, 2.75) is 32.3 Å². The first-order valence-electron chi connectivity index (χ1n) is 6.38. The number of hydrogen-bond donors (Lipinski definition) is 1. The average molecular weight is 226 g/mol. The molecule has 0 aromatic carbocycles. The molecule has 0 aromatic heterocycles. The van der Waals surface area contributed by atoms with E-state index in [9.17, 15) is 0 Å². The lowest BCUT2D eigenvalue weighted by Gasteiger charge is -2.31. The summed E-state index contributed by atoms with van der Waals surface area (Å²) in [6.45, 7) is 11.7. The van der Waals surface area contributed by atoms with Gasteiger partial charge in [0.25, 0.3) is 0 Å². The Kier molecular flexibility index (Phi) is 6.69. The van der Waals surface area contributed by atoms with Crippen LogP contribution in [0.4, 0.5) is 0 Å². The molecular weight excluding hydrogens is 200 g/mol. The van der Waals surface area contributed by atoms with Gasteiger partial charge < -0.3 is 10.1 Å². The highest BCUT2D eigenvalue weighted by Crippen LogP contribution is 2.13. The molecule has 1 saturated heterocycles. The summed E-state index contributed by atoms with van der Waals surface area (Å²) < 4.78 is 5.36. The normalized spacial score (nSPS) is 18.9. The molecule has 0 saturated carbocycles. The molecular formula is C13H26N2O. The van der Waals surface area contributed by atoms with Crippen LogP contribution in [0.25, 0.3) is 0 Å². The number of rotatable bonds is 7. The standard InChI is InChI=1S/C13H26N2O/c1-4-7-14-10-12(2)11-15-8-5-13(16-3)6-9-15/h13-14H,2,4-11H2,1,3H3. The zero-order valence-electron chi connectivity index (χ0n) is 10.8. The largest absolute Gasteiger partial charge is 0.381 e. The summed E-state index contributed by atoms with van der Waals surface area (Å²) in [5.41, 5.74) is 1.30. The SMILES string of the molecule is C=C(CNCCC)CN1CCC(OC)CC1. The van der Waals surface area contributed by atoms with E-state index in [-0.39, 0.29) is 0 Å². The lowest BCUT2D eigenvalue weighted by atomic mass is 10.1. The number of methoxy groups -OCH3 is 1. The predicted molar refractivity (Wildman–Crippen MR) is 68.8 cm³/mol. The second-order valence-electron chi connectivity index (χ2n) is 4.64. The van der Waals surface area contributed by atoms with Crippen molar-refractivity contribution in [1.29, 1.82) is 0 Å². The van der Waals surface area contributed by atoms with Crippen LogP contribution >= 0.6 is 0 Å². The third kappa shape index (κ3) is 5.10. The predicted octanol–water partition coefficient (Wildman–Crippen LogP) is 1.65. The van der Waals surface area contributed by atoms with E-state index in [1.165, 1.54) is 12.0 Å². The lowest BCUT2D eigenvalue weighted by molar-refractivity contribution is 0.0437. The number of piperidine rings is 1. The van der Waals surface area contributed by atoms with Crippen LogP contribution in [0.3, 0.4) is 0 Å². The Morgan fingerprint density at radius 3 is 2.69 bits per heavy atom. The van der Waals surface area contributed by atoms with Crippen LogP contribution < -0.4 is 5.32 Å². The van der Waals surface area contributed by atoms with Crippen LogP contribution in [-0.2, 0) is 4.74 Å². The molecule has 0 bridgehead atoms. The van der Waals surface area contributed by atoms with Crippen molar-refractivity contribution in [3.63, 3.8) is 0 Å². The molecule has 0 spiro atoms. The maximum Gasteiger partial charge on any atom is 0.0595 e. The number of ether oxygens (including phenoxy) is 1. The summed E-state index contributed by atoms with van der Waals surface area (Å²) in [6.07, 6.45) is 3.98. The van der Waals surface area contributed by atoms with Crippen molar-refractivity contribution in [2.24, 2.45) is 0 Å². The molecule has 16 heavy (non-hydrogen) atoms. The molecule has 0 atom stereocenters. The zero-order chi connectivity index (χ0) is 11.8. The molecule has 1 aliphatic rings. The Labute approximate surface area is 99.8 Å². The summed E-state index contributed by atoms with van der Waals surface area (Å²) in [5, 5.41) is 3.39. The molecule has 0 unspecified atom stereocenters. The van der Waals surface area contributed by atoms with E-state index in [1.807, 2.05) is 7.11 Å². The van der Waals surface area contributed by atoms with Gasteiger partial charge in [0, 0.05) is 33.3 Å². The second-order valence-corrected chi connectivity index (χ2v) is 4.64. The highest BCUT2D eigenvalue weighted by molar-refractivity contribution is 5.00. The Hall–Kier alpha value is -0.380. The summed E-state index contributed by atoms with van der Waals surface area (Å²) >= 11 is 0. The van der Waals surface area contributed by atoms with Gasteiger partial charge in [-0.2, -0.15) is 0 Å². The highest BCUT2D eigenvalue weighted by atomic mass is 16.5. The third-order valence-corrected chi connectivity index (χ3v) is 3.12. The van der Waals surface area contributed by atoms with Crippen molar-refractivity contribution in [1.82, 2.24) is 10.2 Å². The molecule has 1 N–H and O–H groups in total. The molecule has 3 heteroatoms. The van der Waals surface area contributed by atoms with Crippen LogP contribution in [0.5, 0.6) is 0 Å². The Balaban J connectivity index is 2.10. The van der Waals surface area contributed by atoms with E-state index in [4.69, 9.17) is 4.74 Å². The minimum Gasteiger partial charge on any atom is -0.381 e. The van der Waals surface area contributed by atoms with Gasteiger partial charge in [0.2, 0.25) is 0 Å². The molecule has 1 rings (SSSR count). The number of nitrogens with one attached hydrogen (secondary N) is 1. The molecule has 1 aliphatic heterocycles. The molecule has 0 aliphatic carbocycles. The van der Waals surface area contributed by atoms with Gasteiger partial charge in [-0.25, -0.2) is 0 Å². The van der Waals surface area contributed by atoms with Crippen molar-refractivity contribution in [3.8, 4) is 0 Å². The van der Waals surface area contributed by atoms with Gasteiger partial charge in [-0.05, 0) is 31.4 Å². The third-order valence-electron chi connectivity index (χ3n) is 3.12. The maximum atomic E-state index is 5.36. The fourth-order valence-electron chi connectivity index (χ4n) is 2.12. The number of hydrogen-bond acceptors (Lipinski definition) is 3. The minimum absolute atomic E-state index is 0.475. The molecule has 0 radical (unpaired) electrons. The van der Waals surface area contributed by atoms with E-state index in [1.54, 1.807) is 0 Å². The van der Waals surface area contributed by atoms with E-state index < -0.39 is 0 Å². The van der Waals surface area contributed by atoms with Crippen LogP contribution in [0.2, 0.25) is 0 Å². The fourth-order valence-corrected chi connectivity index (χ4v) is 2.12. The van der Waals surface area contributed by atoms with Gasteiger partial charge in [-0.1, -0.05) is 13.5 Å². The van der Waals surface area contributed by atoms with Gasteiger partial charge in [-0.3, -0.25) is 4.90 Å². The molecule has 3 nitrogen and oxygen atoms in total. The van der Waals surface area contributed by atoms with Crippen molar-refractivity contribution < 1.29 is 4.74 Å².